The predicted octanol–water partition coefficient (Wildman–Crippen LogP) is 2.32. The van der Waals surface area contributed by atoms with Crippen LogP contribution in [0.4, 0.5) is 0 Å². The van der Waals surface area contributed by atoms with Gasteiger partial charge in [0.2, 0.25) is 5.91 Å². The Morgan fingerprint density at radius 3 is 2.93 bits per heavy atom. The summed E-state index contributed by atoms with van der Waals surface area (Å²) in [5, 5.41) is 15.0. The van der Waals surface area contributed by atoms with Crippen LogP contribution in [-0.4, -0.2) is 47.5 Å². The van der Waals surface area contributed by atoms with E-state index in [1.54, 1.807) is 12.4 Å². The lowest BCUT2D eigenvalue weighted by molar-refractivity contribution is -0.133. The summed E-state index contributed by atoms with van der Waals surface area (Å²) in [6.45, 7) is 5.72. The minimum atomic E-state index is -0.0421. The molecule has 0 radical (unpaired) electrons. The number of H-pyrrole nitrogens is 1. The summed E-state index contributed by atoms with van der Waals surface area (Å²) in [5.41, 5.74) is 3.09. The van der Waals surface area contributed by atoms with Crippen LogP contribution in [0, 0.1) is 5.41 Å². The van der Waals surface area contributed by atoms with Crippen LogP contribution in [0.25, 0.3) is 5.82 Å². The Bertz CT molecular complexity index is 931. The van der Waals surface area contributed by atoms with Crippen molar-refractivity contribution in [3.63, 3.8) is 0 Å². The fourth-order valence-electron chi connectivity index (χ4n) is 3.79. The Labute approximate surface area is 164 Å². The van der Waals surface area contributed by atoms with Gasteiger partial charge >= 0.3 is 0 Å². The fourth-order valence-corrected chi connectivity index (χ4v) is 3.79. The number of carbonyl (C=O) groups is 1. The van der Waals surface area contributed by atoms with Gasteiger partial charge < -0.3 is 4.90 Å². The molecular weight excluding hydrogens is 354 g/mol. The lowest BCUT2D eigenvalue weighted by Gasteiger charge is -2.30. The summed E-state index contributed by atoms with van der Waals surface area (Å²) in [4.78, 5) is 19.3. The second kappa shape index (κ2) is 7.53. The molecule has 28 heavy (non-hydrogen) atoms. The maximum absolute atomic E-state index is 12.9. The molecule has 0 fully saturated rings. The van der Waals surface area contributed by atoms with Crippen molar-refractivity contribution in [3.05, 3.63) is 53.7 Å². The molecular formula is C20H25N7O. The smallest absolute Gasteiger partial charge is 0.222 e. The normalized spacial score (nSPS) is 15.9. The van der Waals surface area contributed by atoms with Crippen molar-refractivity contribution in [2.75, 3.05) is 6.54 Å². The third-order valence-electron chi connectivity index (χ3n) is 5.09. The molecule has 0 aromatic carbocycles. The minimum absolute atomic E-state index is 0.0421. The first-order valence-corrected chi connectivity index (χ1v) is 9.61. The Hall–Kier alpha value is -3.03. The zero-order valence-corrected chi connectivity index (χ0v) is 16.3. The number of rotatable bonds is 5. The van der Waals surface area contributed by atoms with E-state index in [1.807, 2.05) is 34.0 Å². The number of aromatic nitrogens is 6. The van der Waals surface area contributed by atoms with Gasteiger partial charge in [-0.05, 0) is 36.8 Å². The monoisotopic (exact) mass is 379 g/mol. The standard InChI is InChI=1S/C20H25N7O/c1-20(2)10-17-15(11-23-27(17)18-7-3-4-9-21-18)13-26(14-20)19(28)8-5-6-16-12-22-25-24-16/h3-4,7,9,11-12H,5-6,8,10,13-14H2,1-2H3,(H,22,24,25). The van der Waals surface area contributed by atoms with Gasteiger partial charge in [0.25, 0.3) is 0 Å². The summed E-state index contributed by atoms with van der Waals surface area (Å²) in [6, 6.07) is 5.82. The molecule has 1 amide bonds. The van der Waals surface area contributed by atoms with E-state index in [-0.39, 0.29) is 11.3 Å². The Morgan fingerprint density at radius 2 is 2.18 bits per heavy atom. The molecule has 4 heterocycles. The van der Waals surface area contributed by atoms with Crippen LogP contribution in [0.15, 0.2) is 36.8 Å². The first-order chi connectivity index (χ1) is 13.5. The van der Waals surface area contributed by atoms with Crippen LogP contribution < -0.4 is 0 Å². The van der Waals surface area contributed by atoms with Crippen molar-refractivity contribution in [2.24, 2.45) is 5.41 Å². The molecule has 0 atom stereocenters. The SMILES string of the molecule is CC1(C)Cc2c(cnn2-c2ccccn2)CN(C(=O)CCCc2cn[nH]n2)C1. The molecule has 1 N–H and O–H groups in total. The highest BCUT2D eigenvalue weighted by Gasteiger charge is 2.32. The number of pyridine rings is 1. The van der Waals surface area contributed by atoms with Crippen LogP contribution in [-0.2, 0) is 24.2 Å². The number of aromatic amines is 1. The number of carbonyl (C=O) groups excluding carboxylic acids is 1. The highest BCUT2D eigenvalue weighted by atomic mass is 16.2. The van der Waals surface area contributed by atoms with E-state index in [0.29, 0.717) is 13.0 Å². The second-order valence-electron chi connectivity index (χ2n) is 8.12. The summed E-state index contributed by atoms with van der Waals surface area (Å²) in [6.07, 6.45) is 8.23. The lowest BCUT2D eigenvalue weighted by atomic mass is 9.87. The molecule has 1 aliphatic rings. The molecule has 0 unspecified atom stereocenters. The van der Waals surface area contributed by atoms with E-state index in [0.717, 1.165) is 48.6 Å². The van der Waals surface area contributed by atoms with Crippen molar-refractivity contribution in [2.45, 2.75) is 46.1 Å². The van der Waals surface area contributed by atoms with Gasteiger partial charge in [0.05, 0.1) is 23.8 Å². The number of amides is 1. The Morgan fingerprint density at radius 1 is 1.29 bits per heavy atom. The largest absolute Gasteiger partial charge is 0.338 e. The number of aryl methyl sites for hydroxylation is 1. The van der Waals surface area contributed by atoms with Crippen molar-refractivity contribution in [3.8, 4) is 5.82 Å². The molecule has 4 rings (SSSR count). The molecule has 0 saturated carbocycles. The van der Waals surface area contributed by atoms with Crippen molar-refractivity contribution in [1.29, 1.82) is 0 Å². The minimum Gasteiger partial charge on any atom is -0.338 e. The number of nitrogens with one attached hydrogen (secondary N) is 1. The first-order valence-electron chi connectivity index (χ1n) is 9.61. The number of nitrogens with zero attached hydrogens (tertiary/aromatic N) is 6. The molecule has 0 aliphatic carbocycles. The first kappa shape index (κ1) is 18.3. The van der Waals surface area contributed by atoms with Crippen LogP contribution in [0.2, 0.25) is 0 Å². The number of hydrogen-bond acceptors (Lipinski definition) is 5. The molecule has 146 valence electrons. The second-order valence-corrected chi connectivity index (χ2v) is 8.12. The molecule has 3 aromatic heterocycles. The maximum atomic E-state index is 12.9. The molecule has 0 saturated heterocycles. The van der Waals surface area contributed by atoms with Crippen LogP contribution in [0.3, 0.4) is 0 Å². The molecule has 0 spiro atoms. The van der Waals surface area contributed by atoms with E-state index >= 15 is 0 Å². The predicted molar refractivity (Wildman–Crippen MR) is 104 cm³/mol. The summed E-state index contributed by atoms with van der Waals surface area (Å²) in [7, 11) is 0. The fraction of sp³-hybridized carbons (Fsp3) is 0.450. The van der Waals surface area contributed by atoms with Gasteiger partial charge in [0, 0.05) is 31.3 Å². The van der Waals surface area contributed by atoms with E-state index in [4.69, 9.17) is 0 Å². The molecule has 3 aromatic rings. The summed E-state index contributed by atoms with van der Waals surface area (Å²) >= 11 is 0. The van der Waals surface area contributed by atoms with E-state index in [1.165, 1.54) is 0 Å². The van der Waals surface area contributed by atoms with E-state index in [9.17, 15) is 4.79 Å². The molecule has 8 heteroatoms. The van der Waals surface area contributed by atoms with Crippen molar-refractivity contribution in [1.82, 2.24) is 35.1 Å². The van der Waals surface area contributed by atoms with Crippen LogP contribution in [0.1, 0.15) is 43.6 Å². The quantitative estimate of drug-likeness (QED) is 0.734. The highest BCUT2D eigenvalue weighted by Crippen LogP contribution is 2.31. The summed E-state index contributed by atoms with van der Waals surface area (Å²) in [5.74, 6) is 0.988. The van der Waals surface area contributed by atoms with Gasteiger partial charge in [-0.2, -0.15) is 20.5 Å². The topological polar surface area (TPSA) is 92.6 Å². The van der Waals surface area contributed by atoms with Crippen molar-refractivity contribution < 1.29 is 4.79 Å². The van der Waals surface area contributed by atoms with Gasteiger partial charge in [-0.1, -0.05) is 19.9 Å². The van der Waals surface area contributed by atoms with Gasteiger partial charge in [-0.15, -0.1) is 0 Å². The zero-order chi connectivity index (χ0) is 19.6. The molecule has 1 aliphatic heterocycles. The van der Waals surface area contributed by atoms with Crippen LogP contribution in [0.5, 0.6) is 0 Å². The highest BCUT2D eigenvalue weighted by molar-refractivity contribution is 5.76. The number of fused-ring (bicyclic) bond motifs is 1. The Kier molecular flexibility index (Phi) is 4.93. The number of hydrogen-bond donors (Lipinski definition) is 1. The third-order valence-corrected chi connectivity index (χ3v) is 5.09. The van der Waals surface area contributed by atoms with Gasteiger partial charge in [0.1, 0.15) is 0 Å². The maximum Gasteiger partial charge on any atom is 0.222 e. The van der Waals surface area contributed by atoms with Crippen molar-refractivity contribution >= 4 is 5.91 Å². The zero-order valence-electron chi connectivity index (χ0n) is 16.3. The average Bonchev–Trinajstić information content (AvgIpc) is 3.29. The third kappa shape index (κ3) is 3.95. The van der Waals surface area contributed by atoms with Gasteiger partial charge in [0.15, 0.2) is 5.82 Å². The lowest BCUT2D eigenvalue weighted by Crippen LogP contribution is -2.37. The molecule has 8 nitrogen and oxygen atoms in total. The van der Waals surface area contributed by atoms with E-state index < -0.39 is 0 Å². The van der Waals surface area contributed by atoms with Gasteiger partial charge in [-0.25, -0.2) is 9.67 Å². The van der Waals surface area contributed by atoms with Crippen LogP contribution >= 0.6 is 0 Å². The van der Waals surface area contributed by atoms with Gasteiger partial charge in [-0.3, -0.25) is 4.79 Å². The Balaban J connectivity index is 1.50. The summed E-state index contributed by atoms with van der Waals surface area (Å²) < 4.78 is 1.91. The average molecular weight is 379 g/mol. The van der Waals surface area contributed by atoms with E-state index in [2.05, 4.69) is 39.3 Å². The molecule has 0 bridgehead atoms.